The Balaban J connectivity index is 1.32. The van der Waals surface area contributed by atoms with E-state index in [9.17, 15) is 14.7 Å². The number of amides is 1. The molecule has 3 N–H and O–H groups in total. The van der Waals surface area contributed by atoms with Gasteiger partial charge in [-0.3, -0.25) is 9.59 Å². The molecule has 2 aromatic carbocycles. The fourth-order valence-electron chi connectivity index (χ4n) is 5.31. The van der Waals surface area contributed by atoms with Crippen LogP contribution in [0.1, 0.15) is 40.9 Å². The van der Waals surface area contributed by atoms with E-state index in [0.717, 1.165) is 36.2 Å². The molecule has 0 saturated carbocycles. The molecule has 0 bridgehead atoms. The SMILES string of the molecule is NCc1ccc2c(c1)C1(CCN(C(=O)c3ccc(-c4ccccc4)o3)CC1)CN2CCC(=O)O. The van der Waals surface area contributed by atoms with Gasteiger partial charge in [-0.1, -0.05) is 42.5 Å². The highest BCUT2D eigenvalue weighted by atomic mass is 16.4. The number of nitrogens with two attached hydrogens (primary N) is 1. The Hall–Kier alpha value is -3.58. The molecule has 3 heterocycles. The third kappa shape index (κ3) is 4.07. The topological polar surface area (TPSA) is 100 Å². The second-order valence-corrected chi connectivity index (χ2v) is 9.22. The fourth-order valence-corrected chi connectivity index (χ4v) is 5.31. The van der Waals surface area contributed by atoms with Crippen molar-refractivity contribution in [1.29, 1.82) is 0 Å². The summed E-state index contributed by atoms with van der Waals surface area (Å²) in [6.07, 6.45) is 1.73. The van der Waals surface area contributed by atoms with E-state index >= 15 is 0 Å². The lowest BCUT2D eigenvalue weighted by molar-refractivity contribution is -0.136. The standard InChI is InChI=1S/C27H29N3O4/c28-17-19-6-7-22-21(16-19)27(18-30(22)13-10-25(31)32)11-14-29(15-12-27)26(33)24-9-8-23(34-24)20-4-2-1-3-5-20/h1-9,16H,10-15,17-18,28H2,(H,31,32). The van der Waals surface area contributed by atoms with Gasteiger partial charge in [0, 0.05) is 49.4 Å². The van der Waals surface area contributed by atoms with Crippen LogP contribution in [0.2, 0.25) is 0 Å². The molecule has 1 spiro atoms. The smallest absolute Gasteiger partial charge is 0.305 e. The van der Waals surface area contributed by atoms with Gasteiger partial charge >= 0.3 is 5.97 Å². The molecule has 34 heavy (non-hydrogen) atoms. The van der Waals surface area contributed by atoms with Crippen molar-refractivity contribution in [3.63, 3.8) is 0 Å². The first-order valence-electron chi connectivity index (χ1n) is 11.7. The van der Waals surface area contributed by atoms with Crippen molar-refractivity contribution in [2.24, 2.45) is 5.73 Å². The van der Waals surface area contributed by atoms with Crippen LogP contribution in [0.5, 0.6) is 0 Å². The number of carboxylic acid groups (broad SMARTS) is 1. The van der Waals surface area contributed by atoms with Crippen molar-refractivity contribution >= 4 is 17.6 Å². The van der Waals surface area contributed by atoms with Crippen LogP contribution < -0.4 is 10.6 Å². The number of aliphatic carboxylic acids is 1. The molecule has 176 valence electrons. The lowest BCUT2D eigenvalue weighted by Gasteiger charge is -2.39. The summed E-state index contributed by atoms with van der Waals surface area (Å²) >= 11 is 0. The maximum atomic E-state index is 13.2. The van der Waals surface area contributed by atoms with Crippen molar-refractivity contribution in [3.05, 3.63) is 77.6 Å². The molecule has 0 unspecified atom stereocenters. The van der Waals surface area contributed by atoms with Crippen LogP contribution >= 0.6 is 0 Å². The lowest BCUT2D eigenvalue weighted by Crippen LogP contribution is -2.47. The molecular formula is C27H29N3O4. The van der Waals surface area contributed by atoms with Crippen molar-refractivity contribution in [1.82, 2.24) is 4.90 Å². The van der Waals surface area contributed by atoms with E-state index in [-0.39, 0.29) is 17.7 Å². The quantitative estimate of drug-likeness (QED) is 0.580. The van der Waals surface area contributed by atoms with E-state index in [0.29, 0.717) is 37.7 Å². The van der Waals surface area contributed by atoms with E-state index in [1.807, 2.05) is 47.4 Å². The summed E-state index contributed by atoms with van der Waals surface area (Å²) in [4.78, 5) is 28.4. The van der Waals surface area contributed by atoms with Crippen LogP contribution in [0.25, 0.3) is 11.3 Å². The Bertz CT molecular complexity index is 1200. The zero-order chi connectivity index (χ0) is 23.7. The van der Waals surface area contributed by atoms with Crippen LogP contribution in [0, 0.1) is 0 Å². The van der Waals surface area contributed by atoms with Gasteiger partial charge in [-0.2, -0.15) is 0 Å². The maximum absolute atomic E-state index is 13.2. The highest BCUT2D eigenvalue weighted by Crippen LogP contribution is 2.47. The summed E-state index contributed by atoms with van der Waals surface area (Å²) in [6, 6.07) is 19.6. The predicted octanol–water partition coefficient (Wildman–Crippen LogP) is 3.87. The van der Waals surface area contributed by atoms with Gasteiger partial charge in [0.1, 0.15) is 5.76 Å². The average molecular weight is 460 g/mol. The molecule has 1 saturated heterocycles. The zero-order valence-corrected chi connectivity index (χ0v) is 19.1. The van der Waals surface area contributed by atoms with Gasteiger partial charge in [0.15, 0.2) is 5.76 Å². The first-order valence-corrected chi connectivity index (χ1v) is 11.7. The number of likely N-dealkylation sites (tertiary alicyclic amines) is 1. The summed E-state index contributed by atoms with van der Waals surface area (Å²) < 4.78 is 5.89. The number of carboxylic acids is 1. The number of piperidine rings is 1. The van der Waals surface area contributed by atoms with Crippen molar-refractivity contribution < 1.29 is 19.1 Å². The summed E-state index contributed by atoms with van der Waals surface area (Å²) in [5.74, 6) is 0.157. The second kappa shape index (κ2) is 8.99. The number of anilines is 1. The van der Waals surface area contributed by atoms with E-state index in [4.69, 9.17) is 10.2 Å². The highest BCUT2D eigenvalue weighted by Gasteiger charge is 2.45. The average Bonchev–Trinajstić information content (AvgIpc) is 3.47. The fraction of sp³-hybridized carbons (Fsp3) is 0.333. The minimum Gasteiger partial charge on any atom is -0.481 e. The molecule has 0 aliphatic carbocycles. The molecule has 2 aliphatic rings. The van der Waals surface area contributed by atoms with Crippen LogP contribution in [0.15, 0.2) is 65.1 Å². The third-order valence-corrected chi connectivity index (χ3v) is 7.18. The van der Waals surface area contributed by atoms with E-state index in [1.54, 1.807) is 6.07 Å². The van der Waals surface area contributed by atoms with Gasteiger partial charge in [-0.05, 0) is 42.2 Å². The molecule has 7 heteroatoms. The summed E-state index contributed by atoms with van der Waals surface area (Å²) in [5, 5.41) is 9.19. The lowest BCUT2D eigenvalue weighted by atomic mass is 9.74. The Morgan fingerprint density at radius 1 is 1.03 bits per heavy atom. The number of carbonyl (C=O) groups is 2. The third-order valence-electron chi connectivity index (χ3n) is 7.18. The van der Waals surface area contributed by atoms with E-state index in [1.165, 1.54) is 5.56 Å². The number of benzene rings is 2. The number of hydrogen-bond donors (Lipinski definition) is 2. The molecule has 0 atom stereocenters. The number of rotatable bonds is 6. The van der Waals surface area contributed by atoms with Crippen molar-refractivity contribution in [2.45, 2.75) is 31.2 Å². The molecule has 1 fully saturated rings. The predicted molar refractivity (Wildman–Crippen MR) is 130 cm³/mol. The van der Waals surface area contributed by atoms with Gasteiger partial charge in [0.2, 0.25) is 0 Å². The molecular weight excluding hydrogens is 430 g/mol. The zero-order valence-electron chi connectivity index (χ0n) is 19.1. The number of furan rings is 1. The van der Waals surface area contributed by atoms with Crippen LogP contribution in [0.4, 0.5) is 5.69 Å². The van der Waals surface area contributed by atoms with Crippen molar-refractivity contribution in [3.8, 4) is 11.3 Å². The van der Waals surface area contributed by atoms with E-state index in [2.05, 4.69) is 17.0 Å². The van der Waals surface area contributed by atoms with Crippen LogP contribution in [0.3, 0.4) is 0 Å². The van der Waals surface area contributed by atoms with Gasteiger partial charge in [0.05, 0.1) is 6.42 Å². The Morgan fingerprint density at radius 2 is 1.79 bits per heavy atom. The normalized spacial score (nSPS) is 16.6. The Kier molecular flexibility index (Phi) is 5.87. The number of carbonyl (C=O) groups excluding carboxylic acids is 1. The Morgan fingerprint density at radius 3 is 2.50 bits per heavy atom. The maximum Gasteiger partial charge on any atom is 0.305 e. The van der Waals surface area contributed by atoms with Gasteiger partial charge in [-0.15, -0.1) is 0 Å². The number of hydrogen-bond acceptors (Lipinski definition) is 5. The van der Waals surface area contributed by atoms with Gasteiger partial charge < -0.3 is 25.1 Å². The molecule has 7 nitrogen and oxygen atoms in total. The molecule has 2 aliphatic heterocycles. The minimum absolute atomic E-state index is 0.0892. The Labute approximate surface area is 198 Å². The summed E-state index contributed by atoms with van der Waals surface area (Å²) in [6.45, 7) is 2.96. The first-order chi connectivity index (χ1) is 16.5. The van der Waals surface area contributed by atoms with Crippen LogP contribution in [-0.2, 0) is 16.8 Å². The van der Waals surface area contributed by atoms with Gasteiger partial charge in [-0.25, -0.2) is 0 Å². The van der Waals surface area contributed by atoms with Crippen LogP contribution in [-0.4, -0.2) is 48.1 Å². The summed E-state index contributed by atoms with van der Waals surface area (Å²) in [5.41, 5.74) is 10.1. The molecule has 0 radical (unpaired) electrons. The molecule has 1 amide bonds. The number of nitrogens with zero attached hydrogens (tertiary/aromatic N) is 2. The van der Waals surface area contributed by atoms with Gasteiger partial charge in [0.25, 0.3) is 5.91 Å². The second-order valence-electron chi connectivity index (χ2n) is 9.22. The van der Waals surface area contributed by atoms with E-state index < -0.39 is 5.97 Å². The first kappa shape index (κ1) is 22.2. The summed E-state index contributed by atoms with van der Waals surface area (Å²) in [7, 11) is 0. The molecule has 5 rings (SSSR count). The highest BCUT2D eigenvalue weighted by molar-refractivity contribution is 5.92. The molecule has 1 aromatic heterocycles. The molecule has 3 aromatic rings. The monoisotopic (exact) mass is 459 g/mol. The number of fused-ring (bicyclic) bond motifs is 2. The minimum atomic E-state index is -0.796. The largest absolute Gasteiger partial charge is 0.481 e. The van der Waals surface area contributed by atoms with Crippen molar-refractivity contribution in [2.75, 3.05) is 31.1 Å².